The Labute approximate surface area is 165 Å². The minimum Gasteiger partial charge on any atom is -0.493 e. The van der Waals surface area contributed by atoms with Gasteiger partial charge in [-0.05, 0) is 56.0 Å². The predicted octanol–water partition coefficient (Wildman–Crippen LogP) is 3.81. The second-order valence-electron chi connectivity index (χ2n) is 7.33. The molecule has 2 aromatic carbocycles. The Balaban J connectivity index is 1.87. The van der Waals surface area contributed by atoms with Crippen LogP contribution in [-0.2, 0) is 0 Å². The van der Waals surface area contributed by atoms with E-state index in [0.717, 1.165) is 41.0 Å². The fourth-order valence-corrected chi connectivity index (χ4v) is 4.30. The first-order valence-corrected chi connectivity index (χ1v) is 9.76. The van der Waals surface area contributed by atoms with Gasteiger partial charge in [0.1, 0.15) is 0 Å². The molecule has 1 fully saturated rings. The molecule has 1 aliphatic carbocycles. The molecular formula is C23H24N2O3. The van der Waals surface area contributed by atoms with Gasteiger partial charge in [-0.3, -0.25) is 4.99 Å². The van der Waals surface area contributed by atoms with Crippen molar-refractivity contribution in [2.24, 2.45) is 4.99 Å². The lowest BCUT2D eigenvalue weighted by Gasteiger charge is -2.37. The minimum atomic E-state index is -0.293. The average molecular weight is 376 g/mol. The molecule has 0 amide bonds. The predicted molar refractivity (Wildman–Crippen MR) is 107 cm³/mol. The third-order valence-corrected chi connectivity index (χ3v) is 5.66. The third kappa shape index (κ3) is 3.25. The molecule has 0 radical (unpaired) electrons. The molecule has 1 heterocycles. The van der Waals surface area contributed by atoms with Crippen LogP contribution in [0.5, 0.6) is 11.5 Å². The van der Waals surface area contributed by atoms with Gasteiger partial charge in [0, 0.05) is 17.0 Å². The van der Waals surface area contributed by atoms with E-state index in [4.69, 9.17) is 19.7 Å². The maximum absolute atomic E-state index is 10.3. The maximum Gasteiger partial charge on any atom is 0.161 e. The van der Waals surface area contributed by atoms with Gasteiger partial charge in [0.25, 0.3) is 0 Å². The van der Waals surface area contributed by atoms with E-state index in [0.29, 0.717) is 24.3 Å². The summed E-state index contributed by atoms with van der Waals surface area (Å²) in [5, 5.41) is 19.3. The van der Waals surface area contributed by atoms with Crippen molar-refractivity contribution < 1.29 is 14.6 Å². The first kappa shape index (κ1) is 18.5. The summed E-state index contributed by atoms with van der Waals surface area (Å²) < 4.78 is 11.4. The molecule has 5 nitrogen and oxygen atoms in total. The Hall–Kier alpha value is -2.84. The lowest BCUT2D eigenvalue weighted by atomic mass is 9.74. The second-order valence-corrected chi connectivity index (χ2v) is 7.33. The molecule has 1 N–H and O–H groups in total. The lowest BCUT2D eigenvalue weighted by molar-refractivity contribution is 0.111. The summed E-state index contributed by atoms with van der Waals surface area (Å²) in [6, 6.07) is 13.9. The van der Waals surface area contributed by atoms with E-state index in [1.165, 1.54) is 0 Å². The third-order valence-electron chi connectivity index (χ3n) is 5.66. The van der Waals surface area contributed by atoms with Gasteiger partial charge in [-0.1, -0.05) is 12.1 Å². The number of fused-ring (bicyclic) bond motifs is 3. The molecule has 3 atom stereocenters. The smallest absolute Gasteiger partial charge is 0.161 e. The number of aliphatic hydroxyl groups is 1. The molecule has 0 spiro atoms. The molecule has 3 unspecified atom stereocenters. The molecule has 4 rings (SSSR count). The van der Waals surface area contributed by atoms with Gasteiger partial charge in [-0.2, -0.15) is 5.26 Å². The number of hydrogen-bond acceptors (Lipinski definition) is 5. The van der Waals surface area contributed by atoms with Gasteiger partial charge in [0.05, 0.1) is 43.2 Å². The van der Waals surface area contributed by atoms with E-state index in [1.807, 2.05) is 37.3 Å². The molecule has 0 saturated heterocycles. The highest BCUT2D eigenvalue weighted by molar-refractivity contribution is 6.15. The highest BCUT2D eigenvalue weighted by Crippen LogP contribution is 2.44. The average Bonchev–Trinajstić information content (AvgIpc) is 2.73. The molecule has 28 heavy (non-hydrogen) atoms. The van der Waals surface area contributed by atoms with Gasteiger partial charge >= 0.3 is 0 Å². The zero-order chi connectivity index (χ0) is 19.7. The van der Waals surface area contributed by atoms with Crippen LogP contribution in [0.15, 0.2) is 41.4 Å². The summed E-state index contributed by atoms with van der Waals surface area (Å²) in [7, 11) is 1.64. The number of aliphatic imine (C=N–C) groups is 1. The van der Waals surface area contributed by atoms with Crippen molar-refractivity contribution in [3.05, 3.63) is 58.7 Å². The van der Waals surface area contributed by atoms with Crippen LogP contribution in [0.4, 0.5) is 0 Å². The standard InChI is InChI=1S/C23H24N2O3/c1-3-28-22-11-17-18-10-16(26)8-9-20(18)25-23(19(17)12-21(22)27-2)15-6-4-14(13-24)5-7-15/h4-7,11-12,16,18,20,26H,3,8-10H2,1-2H3. The Morgan fingerprint density at radius 1 is 1.18 bits per heavy atom. The highest BCUT2D eigenvalue weighted by atomic mass is 16.5. The van der Waals surface area contributed by atoms with Crippen molar-refractivity contribution in [3.8, 4) is 17.6 Å². The molecule has 0 aromatic heterocycles. The van der Waals surface area contributed by atoms with E-state index < -0.39 is 0 Å². The summed E-state index contributed by atoms with van der Waals surface area (Å²) in [5.74, 6) is 1.58. The van der Waals surface area contributed by atoms with Gasteiger partial charge < -0.3 is 14.6 Å². The highest BCUT2D eigenvalue weighted by Gasteiger charge is 2.37. The van der Waals surface area contributed by atoms with Crippen LogP contribution >= 0.6 is 0 Å². The Morgan fingerprint density at radius 2 is 1.96 bits per heavy atom. The van der Waals surface area contributed by atoms with Crippen molar-refractivity contribution in [3.63, 3.8) is 0 Å². The minimum absolute atomic E-state index is 0.143. The first-order valence-electron chi connectivity index (χ1n) is 9.76. The summed E-state index contributed by atoms with van der Waals surface area (Å²) >= 11 is 0. The molecule has 2 aliphatic rings. The van der Waals surface area contributed by atoms with Crippen LogP contribution in [-0.4, -0.2) is 36.7 Å². The molecular weight excluding hydrogens is 352 g/mol. The number of nitrogens with zero attached hydrogens (tertiary/aromatic N) is 2. The zero-order valence-electron chi connectivity index (χ0n) is 16.2. The van der Waals surface area contributed by atoms with E-state index in [1.54, 1.807) is 7.11 Å². The van der Waals surface area contributed by atoms with Crippen LogP contribution in [0, 0.1) is 11.3 Å². The summed E-state index contributed by atoms with van der Waals surface area (Å²) in [5.41, 5.74) is 4.69. The maximum atomic E-state index is 10.3. The molecule has 5 heteroatoms. The van der Waals surface area contributed by atoms with Crippen LogP contribution in [0.25, 0.3) is 0 Å². The van der Waals surface area contributed by atoms with Crippen LogP contribution in [0.1, 0.15) is 54.4 Å². The number of methoxy groups -OCH3 is 1. The SMILES string of the molecule is CCOc1cc2c(cc1OC)C(c1ccc(C#N)cc1)=NC1CCC(O)CC21. The Bertz CT molecular complexity index is 944. The zero-order valence-corrected chi connectivity index (χ0v) is 16.2. The molecule has 2 aromatic rings. The first-order chi connectivity index (χ1) is 13.6. The van der Waals surface area contributed by atoms with E-state index in [-0.39, 0.29) is 18.1 Å². The molecule has 1 aliphatic heterocycles. The van der Waals surface area contributed by atoms with Crippen LogP contribution < -0.4 is 9.47 Å². The van der Waals surface area contributed by atoms with Crippen LogP contribution in [0.3, 0.4) is 0 Å². The lowest BCUT2D eigenvalue weighted by Crippen LogP contribution is -2.34. The van der Waals surface area contributed by atoms with Gasteiger partial charge in [0.2, 0.25) is 0 Å². The number of hydrogen-bond donors (Lipinski definition) is 1. The summed E-state index contributed by atoms with van der Waals surface area (Å²) in [4.78, 5) is 5.08. The van der Waals surface area contributed by atoms with E-state index in [2.05, 4.69) is 12.1 Å². The number of nitriles is 1. The van der Waals surface area contributed by atoms with Crippen molar-refractivity contribution >= 4 is 5.71 Å². The Morgan fingerprint density at radius 3 is 2.64 bits per heavy atom. The Kier molecular flexibility index (Phi) is 5.06. The number of ether oxygens (including phenoxy) is 2. The monoisotopic (exact) mass is 376 g/mol. The summed E-state index contributed by atoms with van der Waals surface area (Å²) in [6.45, 7) is 2.51. The number of rotatable bonds is 4. The normalized spacial score (nSPS) is 23.1. The van der Waals surface area contributed by atoms with Crippen molar-refractivity contribution in [1.29, 1.82) is 5.26 Å². The number of aliphatic hydroxyl groups excluding tert-OH is 1. The quantitative estimate of drug-likeness (QED) is 0.880. The van der Waals surface area contributed by atoms with Gasteiger partial charge in [-0.15, -0.1) is 0 Å². The molecule has 1 saturated carbocycles. The topological polar surface area (TPSA) is 74.8 Å². The largest absolute Gasteiger partial charge is 0.493 e. The van der Waals surface area contributed by atoms with Gasteiger partial charge in [-0.25, -0.2) is 0 Å². The van der Waals surface area contributed by atoms with Crippen molar-refractivity contribution in [2.75, 3.05) is 13.7 Å². The fourth-order valence-electron chi connectivity index (χ4n) is 4.30. The number of benzene rings is 2. The molecule has 0 bridgehead atoms. The summed E-state index contributed by atoms with van der Waals surface area (Å²) in [6.07, 6.45) is 2.05. The van der Waals surface area contributed by atoms with E-state index in [9.17, 15) is 5.11 Å². The fraction of sp³-hybridized carbons (Fsp3) is 0.391. The second kappa shape index (κ2) is 7.65. The molecule has 144 valence electrons. The van der Waals surface area contributed by atoms with Crippen molar-refractivity contribution in [1.82, 2.24) is 0 Å². The van der Waals surface area contributed by atoms with E-state index >= 15 is 0 Å². The van der Waals surface area contributed by atoms with Crippen LogP contribution in [0.2, 0.25) is 0 Å². The van der Waals surface area contributed by atoms with Crippen molar-refractivity contribution in [2.45, 2.75) is 44.2 Å². The van der Waals surface area contributed by atoms with Gasteiger partial charge in [0.15, 0.2) is 11.5 Å².